The molecule has 5 nitrogen and oxygen atoms in total. The van der Waals surface area contributed by atoms with Crippen LogP contribution in [0.15, 0.2) is 35.5 Å². The van der Waals surface area contributed by atoms with Gasteiger partial charge in [0.05, 0.1) is 5.56 Å². The highest BCUT2D eigenvalue weighted by atomic mass is 19.1. The van der Waals surface area contributed by atoms with E-state index in [-0.39, 0.29) is 16.8 Å². The van der Waals surface area contributed by atoms with Crippen LogP contribution in [-0.4, -0.2) is 18.4 Å². The number of carbonyl (C=O) groups is 2. The lowest BCUT2D eigenvalue weighted by Gasteiger charge is -2.04. The molecule has 0 aromatic heterocycles. The molecule has 0 aliphatic carbocycles. The summed E-state index contributed by atoms with van der Waals surface area (Å²) in [6.07, 6.45) is 0. The summed E-state index contributed by atoms with van der Waals surface area (Å²) in [5, 5.41) is 8.69. The van der Waals surface area contributed by atoms with Crippen LogP contribution in [0.2, 0.25) is 0 Å². The van der Waals surface area contributed by atoms with Crippen molar-refractivity contribution in [2.75, 3.05) is 6.61 Å². The number of esters is 1. The third-order valence-electron chi connectivity index (χ3n) is 2.20. The molecule has 1 aromatic rings. The van der Waals surface area contributed by atoms with Crippen molar-refractivity contribution < 1.29 is 18.7 Å². The average molecular weight is 262 g/mol. The first-order chi connectivity index (χ1) is 8.95. The fourth-order valence-electron chi connectivity index (χ4n) is 1.24. The lowest BCUT2D eigenvalue weighted by Crippen LogP contribution is -2.17. The van der Waals surface area contributed by atoms with Crippen LogP contribution in [0.4, 0.5) is 4.39 Å². The molecule has 0 saturated carbocycles. The van der Waals surface area contributed by atoms with Gasteiger partial charge in [-0.25, -0.2) is 9.18 Å². The van der Waals surface area contributed by atoms with Crippen molar-refractivity contribution in [3.8, 4) is 6.07 Å². The van der Waals surface area contributed by atoms with E-state index < -0.39 is 24.2 Å². The van der Waals surface area contributed by atoms with Gasteiger partial charge in [-0.2, -0.15) is 5.26 Å². The molecule has 1 rings (SSSR count). The first-order valence-electron chi connectivity index (χ1n) is 5.28. The molecule has 0 bridgehead atoms. The minimum atomic E-state index is -0.777. The number of hydrogen-bond donors (Lipinski definition) is 1. The van der Waals surface area contributed by atoms with E-state index in [9.17, 15) is 14.0 Å². The number of rotatable bonds is 4. The van der Waals surface area contributed by atoms with Crippen LogP contribution in [0.5, 0.6) is 0 Å². The molecule has 0 spiro atoms. The largest absolute Gasteiger partial charge is 0.454 e. The van der Waals surface area contributed by atoms with E-state index in [2.05, 4.69) is 0 Å². The Morgan fingerprint density at radius 1 is 1.37 bits per heavy atom. The Morgan fingerprint density at radius 2 is 1.95 bits per heavy atom. The van der Waals surface area contributed by atoms with Gasteiger partial charge in [-0.15, -0.1) is 0 Å². The van der Waals surface area contributed by atoms with Gasteiger partial charge < -0.3 is 10.5 Å². The summed E-state index contributed by atoms with van der Waals surface area (Å²) >= 11 is 0. The summed E-state index contributed by atoms with van der Waals surface area (Å²) in [6.45, 7) is 0.811. The van der Waals surface area contributed by atoms with Crippen molar-refractivity contribution in [2.45, 2.75) is 6.92 Å². The predicted octanol–water partition coefficient (Wildman–Crippen LogP) is 1.31. The van der Waals surface area contributed by atoms with Crippen molar-refractivity contribution in [1.29, 1.82) is 5.26 Å². The SMILES string of the molecule is C/C(N)=C(\C#N)C(=O)COC(=O)c1ccc(F)cc1. The van der Waals surface area contributed by atoms with Gasteiger partial charge in [-0.3, -0.25) is 4.79 Å². The van der Waals surface area contributed by atoms with Gasteiger partial charge in [0.15, 0.2) is 6.61 Å². The van der Waals surface area contributed by atoms with Gasteiger partial charge >= 0.3 is 5.97 Å². The maximum absolute atomic E-state index is 12.6. The molecule has 0 saturated heterocycles. The van der Waals surface area contributed by atoms with Gasteiger partial charge in [0.2, 0.25) is 5.78 Å². The Morgan fingerprint density at radius 3 is 2.42 bits per heavy atom. The van der Waals surface area contributed by atoms with Crippen LogP contribution in [0.3, 0.4) is 0 Å². The molecule has 0 radical (unpaired) electrons. The van der Waals surface area contributed by atoms with E-state index in [1.165, 1.54) is 19.1 Å². The second kappa shape index (κ2) is 6.31. The van der Waals surface area contributed by atoms with Crippen molar-refractivity contribution in [3.05, 3.63) is 46.9 Å². The van der Waals surface area contributed by atoms with Gasteiger partial charge in [0.1, 0.15) is 17.5 Å². The van der Waals surface area contributed by atoms with Crippen molar-refractivity contribution in [2.24, 2.45) is 5.73 Å². The maximum atomic E-state index is 12.6. The number of nitriles is 1. The molecule has 0 atom stereocenters. The summed E-state index contributed by atoms with van der Waals surface area (Å²) < 4.78 is 17.4. The molecule has 2 N–H and O–H groups in total. The second-order valence-electron chi connectivity index (χ2n) is 3.68. The number of carbonyl (C=O) groups excluding carboxylic acids is 2. The van der Waals surface area contributed by atoms with Crippen LogP contribution < -0.4 is 5.73 Å². The van der Waals surface area contributed by atoms with Crippen LogP contribution in [0.25, 0.3) is 0 Å². The molecular formula is C13H11FN2O3. The number of nitrogens with zero attached hydrogens (tertiary/aromatic N) is 1. The molecule has 0 amide bonds. The van der Waals surface area contributed by atoms with Crippen LogP contribution in [0, 0.1) is 17.1 Å². The van der Waals surface area contributed by atoms with Crippen molar-refractivity contribution in [1.82, 2.24) is 0 Å². The molecular weight excluding hydrogens is 251 g/mol. The Kier molecular flexibility index (Phi) is 4.77. The molecule has 0 fully saturated rings. The molecule has 98 valence electrons. The number of halogens is 1. The fraction of sp³-hybridized carbons (Fsp3) is 0.154. The third kappa shape index (κ3) is 3.92. The van der Waals surface area contributed by atoms with Gasteiger partial charge in [0, 0.05) is 5.70 Å². The molecule has 0 aliphatic rings. The van der Waals surface area contributed by atoms with Crippen molar-refractivity contribution in [3.63, 3.8) is 0 Å². The third-order valence-corrected chi connectivity index (χ3v) is 2.20. The van der Waals surface area contributed by atoms with E-state index >= 15 is 0 Å². The lowest BCUT2D eigenvalue weighted by atomic mass is 10.1. The monoisotopic (exact) mass is 262 g/mol. The minimum absolute atomic E-state index is 0.0605. The second-order valence-corrected chi connectivity index (χ2v) is 3.68. The smallest absolute Gasteiger partial charge is 0.338 e. The molecule has 0 heterocycles. The standard InChI is InChI=1S/C13H11FN2O3/c1-8(16)11(6-15)12(17)7-19-13(18)9-2-4-10(14)5-3-9/h2-5H,7,16H2,1H3/b11-8-. The average Bonchev–Trinajstić information content (AvgIpc) is 2.37. The fourth-order valence-corrected chi connectivity index (χ4v) is 1.24. The Bertz CT molecular complexity index is 567. The number of allylic oxidation sites excluding steroid dienone is 1. The summed E-state index contributed by atoms with van der Waals surface area (Å²) in [7, 11) is 0. The molecule has 0 aliphatic heterocycles. The number of benzene rings is 1. The van der Waals surface area contributed by atoms with Crippen LogP contribution >= 0.6 is 0 Å². The number of ether oxygens (including phenoxy) is 1. The molecule has 0 unspecified atom stereocenters. The van der Waals surface area contributed by atoms with Gasteiger partial charge in [0.25, 0.3) is 0 Å². The highest BCUT2D eigenvalue weighted by Crippen LogP contribution is 2.06. The zero-order valence-corrected chi connectivity index (χ0v) is 10.1. The first kappa shape index (κ1) is 14.4. The number of hydrogen-bond acceptors (Lipinski definition) is 5. The lowest BCUT2D eigenvalue weighted by molar-refractivity contribution is -0.118. The maximum Gasteiger partial charge on any atom is 0.338 e. The molecule has 19 heavy (non-hydrogen) atoms. The topological polar surface area (TPSA) is 93.2 Å². The summed E-state index contributed by atoms with van der Waals surface area (Å²) in [6, 6.07) is 6.30. The highest BCUT2D eigenvalue weighted by molar-refractivity contribution is 6.02. The van der Waals surface area contributed by atoms with E-state index in [0.29, 0.717) is 0 Å². The van der Waals surface area contributed by atoms with Gasteiger partial charge in [-0.1, -0.05) is 0 Å². The summed E-state index contributed by atoms with van der Waals surface area (Å²) in [5.41, 5.74) is 5.27. The summed E-state index contributed by atoms with van der Waals surface area (Å²) in [5.74, 6) is -1.95. The molecule has 6 heteroatoms. The van der Waals surface area contributed by atoms with Crippen LogP contribution in [0.1, 0.15) is 17.3 Å². The summed E-state index contributed by atoms with van der Waals surface area (Å²) in [4.78, 5) is 23.0. The van der Waals surface area contributed by atoms with E-state index in [1.807, 2.05) is 0 Å². The van der Waals surface area contributed by atoms with E-state index in [0.717, 1.165) is 12.1 Å². The molecule has 1 aromatic carbocycles. The zero-order valence-electron chi connectivity index (χ0n) is 10.1. The first-order valence-corrected chi connectivity index (χ1v) is 5.28. The predicted molar refractivity (Wildman–Crippen MR) is 64.2 cm³/mol. The highest BCUT2D eigenvalue weighted by Gasteiger charge is 2.15. The van der Waals surface area contributed by atoms with Gasteiger partial charge in [-0.05, 0) is 31.2 Å². The Labute approximate surface area is 109 Å². The van der Waals surface area contributed by atoms with Crippen molar-refractivity contribution >= 4 is 11.8 Å². The Hall–Kier alpha value is -2.68. The normalized spacial score (nSPS) is 11.2. The minimum Gasteiger partial charge on any atom is -0.454 e. The van der Waals surface area contributed by atoms with Crippen LogP contribution in [-0.2, 0) is 9.53 Å². The van der Waals surface area contributed by atoms with E-state index in [1.54, 1.807) is 6.07 Å². The quantitative estimate of drug-likeness (QED) is 0.501. The van der Waals surface area contributed by atoms with E-state index in [4.69, 9.17) is 15.7 Å². The number of Topliss-reactive ketones (excluding diaryl/α,β-unsaturated/α-hetero) is 1. The zero-order chi connectivity index (χ0) is 14.4. The Balaban J connectivity index is 2.66. The number of ketones is 1. The number of nitrogens with two attached hydrogens (primary N) is 1.